The van der Waals surface area contributed by atoms with E-state index in [2.05, 4.69) is 11.4 Å². The number of benzene rings is 1. The summed E-state index contributed by atoms with van der Waals surface area (Å²) in [7, 11) is -0.205. The molecule has 18 heavy (non-hydrogen) atoms. The summed E-state index contributed by atoms with van der Waals surface area (Å²) in [6.07, 6.45) is 0. The first-order valence-electron chi connectivity index (χ1n) is 5.52. The number of nitrogens with zero attached hydrogens (tertiary/aromatic N) is 2. The van der Waals surface area contributed by atoms with Gasteiger partial charge in [0.05, 0.1) is 17.0 Å². The maximum absolute atomic E-state index is 11.6. The third-order valence-corrected chi connectivity index (χ3v) is 4.44. The third-order valence-electron chi connectivity index (χ3n) is 2.61. The third kappa shape index (κ3) is 3.45. The van der Waals surface area contributed by atoms with Crippen molar-refractivity contribution in [3.8, 4) is 6.07 Å². The monoisotopic (exact) mass is 267 g/mol. The normalized spacial score (nSPS) is 11.3. The number of hydrogen-bond donors (Lipinski definition) is 1. The number of aryl methyl sites for hydroxylation is 1. The van der Waals surface area contributed by atoms with E-state index >= 15 is 0 Å². The number of rotatable bonds is 5. The van der Waals surface area contributed by atoms with E-state index in [-0.39, 0.29) is 12.3 Å². The van der Waals surface area contributed by atoms with Crippen LogP contribution in [-0.4, -0.2) is 39.1 Å². The molecule has 1 N–H and O–H groups in total. The molecule has 0 saturated carbocycles. The molecular formula is C12H17N3O2S. The lowest BCUT2D eigenvalue weighted by Gasteiger charge is -2.14. The van der Waals surface area contributed by atoms with Gasteiger partial charge in [0.25, 0.3) is 0 Å². The summed E-state index contributed by atoms with van der Waals surface area (Å²) in [6, 6.07) is 7.47. The van der Waals surface area contributed by atoms with Crippen LogP contribution in [0.1, 0.15) is 11.1 Å². The molecule has 0 radical (unpaired) electrons. The Morgan fingerprint density at radius 3 is 2.61 bits per heavy atom. The molecule has 0 aromatic heterocycles. The van der Waals surface area contributed by atoms with Gasteiger partial charge in [-0.1, -0.05) is 12.1 Å². The molecule has 1 aromatic carbocycles. The molecule has 0 spiro atoms. The lowest BCUT2D eigenvalue weighted by molar-refractivity contribution is 0.521. The van der Waals surface area contributed by atoms with Crippen LogP contribution in [0.4, 0.5) is 5.69 Å². The van der Waals surface area contributed by atoms with Crippen LogP contribution in [0.5, 0.6) is 0 Å². The van der Waals surface area contributed by atoms with Crippen molar-refractivity contribution in [2.45, 2.75) is 6.92 Å². The largest absolute Gasteiger partial charge is 0.383 e. The Morgan fingerprint density at radius 1 is 1.39 bits per heavy atom. The van der Waals surface area contributed by atoms with Crippen molar-refractivity contribution in [2.24, 2.45) is 0 Å². The molecule has 0 heterocycles. The highest BCUT2D eigenvalue weighted by Gasteiger charge is 2.13. The zero-order valence-corrected chi connectivity index (χ0v) is 11.6. The van der Waals surface area contributed by atoms with E-state index in [9.17, 15) is 8.42 Å². The number of hydrogen-bond acceptors (Lipinski definition) is 4. The van der Waals surface area contributed by atoms with E-state index in [4.69, 9.17) is 5.26 Å². The summed E-state index contributed by atoms with van der Waals surface area (Å²) in [5, 5.41) is 12.0. The molecule has 0 aliphatic rings. The predicted molar refractivity (Wildman–Crippen MR) is 71.9 cm³/mol. The standard InChI is InChI=1S/C12H17N3O2S/c1-10-5-4-6-11(9-13)12(10)14-7-8-18(16,17)15(2)3/h4-6,14H,7-8H2,1-3H3. The molecule has 0 unspecified atom stereocenters. The molecule has 0 atom stereocenters. The summed E-state index contributed by atoms with van der Waals surface area (Å²) < 4.78 is 24.4. The van der Waals surface area contributed by atoms with Gasteiger partial charge in [0.1, 0.15) is 6.07 Å². The van der Waals surface area contributed by atoms with Crippen LogP contribution in [0, 0.1) is 18.3 Å². The maximum Gasteiger partial charge on any atom is 0.215 e. The molecule has 0 saturated heterocycles. The van der Waals surface area contributed by atoms with E-state index < -0.39 is 10.0 Å². The zero-order valence-electron chi connectivity index (χ0n) is 10.8. The second-order valence-electron chi connectivity index (χ2n) is 4.13. The Balaban J connectivity index is 2.74. The number of anilines is 1. The molecule has 1 aromatic rings. The summed E-state index contributed by atoms with van der Waals surface area (Å²) in [4.78, 5) is 0. The molecule has 0 fully saturated rings. The van der Waals surface area contributed by atoms with E-state index in [0.717, 1.165) is 5.56 Å². The molecule has 6 heteroatoms. The fourth-order valence-corrected chi connectivity index (χ4v) is 2.21. The summed E-state index contributed by atoms with van der Waals surface area (Å²) in [5.41, 5.74) is 2.16. The molecule has 0 aliphatic heterocycles. The van der Waals surface area contributed by atoms with Gasteiger partial charge >= 0.3 is 0 Å². The van der Waals surface area contributed by atoms with Crippen molar-refractivity contribution in [1.29, 1.82) is 5.26 Å². The first-order chi connectivity index (χ1) is 8.38. The van der Waals surface area contributed by atoms with Gasteiger partial charge in [-0.3, -0.25) is 0 Å². The van der Waals surface area contributed by atoms with Crippen molar-refractivity contribution in [1.82, 2.24) is 4.31 Å². The molecule has 5 nitrogen and oxygen atoms in total. The maximum atomic E-state index is 11.6. The lowest BCUT2D eigenvalue weighted by atomic mass is 10.1. The van der Waals surface area contributed by atoms with Crippen molar-refractivity contribution in [2.75, 3.05) is 31.7 Å². The second-order valence-corrected chi connectivity index (χ2v) is 6.44. The van der Waals surface area contributed by atoms with Crippen molar-refractivity contribution >= 4 is 15.7 Å². The predicted octanol–water partition coefficient (Wildman–Crippen LogP) is 1.17. The summed E-state index contributed by atoms with van der Waals surface area (Å²) in [5.74, 6) is -0.000791. The fourth-order valence-electron chi connectivity index (χ4n) is 1.48. The van der Waals surface area contributed by atoms with E-state index in [1.54, 1.807) is 12.1 Å². The van der Waals surface area contributed by atoms with Crippen LogP contribution in [0.25, 0.3) is 0 Å². The molecule has 1 rings (SSSR count). The minimum absolute atomic E-state index is 0.000791. The van der Waals surface area contributed by atoms with E-state index in [0.29, 0.717) is 11.3 Å². The lowest BCUT2D eigenvalue weighted by Crippen LogP contribution is -2.28. The highest BCUT2D eigenvalue weighted by molar-refractivity contribution is 7.89. The van der Waals surface area contributed by atoms with E-state index in [1.807, 2.05) is 13.0 Å². The first-order valence-corrected chi connectivity index (χ1v) is 7.13. The van der Waals surface area contributed by atoms with Gasteiger partial charge in [0.15, 0.2) is 0 Å². The van der Waals surface area contributed by atoms with Crippen LogP contribution in [0.3, 0.4) is 0 Å². The average Bonchev–Trinajstić information content (AvgIpc) is 2.30. The Bertz CT molecular complexity index is 559. The highest BCUT2D eigenvalue weighted by Crippen LogP contribution is 2.19. The Morgan fingerprint density at radius 2 is 2.06 bits per heavy atom. The highest BCUT2D eigenvalue weighted by atomic mass is 32.2. The number of nitriles is 1. The second kappa shape index (κ2) is 5.85. The molecule has 0 amide bonds. The Hall–Kier alpha value is -1.58. The van der Waals surface area contributed by atoms with Crippen LogP contribution in [-0.2, 0) is 10.0 Å². The van der Waals surface area contributed by atoms with Crippen molar-refractivity contribution in [3.63, 3.8) is 0 Å². The van der Waals surface area contributed by atoms with Crippen molar-refractivity contribution in [3.05, 3.63) is 29.3 Å². The van der Waals surface area contributed by atoms with Gasteiger partial charge in [0.2, 0.25) is 10.0 Å². The zero-order chi connectivity index (χ0) is 13.8. The van der Waals surface area contributed by atoms with Gasteiger partial charge in [-0.25, -0.2) is 12.7 Å². The minimum atomic E-state index is -3.21. The minimum Gasteiger partial charge on any atom is -0.383 e. The van der Waals surface area contributed by atoms with Crippen LogP contribution >= 0.6 is 0 Å². The molecular weight excluding hydrogens is 250 g/mol. The molecule has 0 bridgehead atoms. The summed E-state index contributed by atoms with van der Waals surface area (Å²) in [6.45, 7) is 2.16. The van der Waals surface area contributed by atoms with E-state index in [1.165, 1.54) is 18.4 Å². The SMILES string of the molecule is Cc1cccc(C#N)c1NCCS(=O)(=O)N(C)C. The molecule has 0 aliphatic carbocycles. The topological polar surface area (TPSA) is 73.2 Å². The Labute approximate surface area is 108 Å². The van der Waals surface area contributed by atoms with Gasteiger partial charge in [0, 0.05) is 20.6 Å². The Kier molecular flexibility index (Phi) is 4.70. The summed E-state index contributed by atoms with van der Waals surface area (Å²) >= 11 is 0. The van der Waals surface area contributed by atoms with Gasteiger partial charge in [-0.05, 0) is 18.6 Å². The van der Waals surface area contributed by atoms with Crippen LogP contribution < -0.4 is 5.32 Å². The van der Waals surface area contributed by atoms with Crippen molar-refractivity contribution < 1.29 is 8.42 Å². The smallest absolute Gasteiger partial charge is 0.215 e. The van der Waals surface area contributed by atoms with Gasteiger partial charge in [-0.15, -0.1) is 0 Å². The average molecular weight is 267 g/mol. The van der Waals surface area contributed by atoms with Gasteiger partial charge in [-0.2, -0.15) is 5.26 Å². The molecule has 98 valence electrons. The number of nitrogens with one attached hydrogen (secondary N) is 1. The first kappa shape index (κ1) is 14.5. The quantitative estimate of drug-likeness (QED) is 0.869. The number of para-hydroxylation sites is 1. The fraction of sp³-hybridized carbons (Fsp3) is 0.417. The number of sulfonamides is 1. The van der Waals surface area contributed by atoms with Crippen LogP contribution in [0.15, 0.2) is 18.2 Å². The van der Waals surface area contributed by atoms with Crippen LogP contribution in [0.2, 0.25) is 0 Å². The van der Waals surface area contributed by atoms with Gasteiger partial charge < -0.3 is 5.32 Å².